The van der Waals surface area contributed by atoms with Crippen LogP contribution in [0.2, 0.25) is 0 Å². The van der Waals surface area contributed by atoms with Crippen molar-refractivity contribution in [2.75, 3.05) is 23.0 Å². The predicted octanol–water partition coefficient (Wildman–Crippen LogP) is 3.54. The highest BCUT2D eigenvalue weighted by atomic mass is 16.3. The zero-order chi connectivity index (χ0) is 17.4. The summed E-state index contributed by atoms with van der Waals surface area (Å²) in [6, 6.07) is 12.2. The highest BCUT2D eigenvalue weighted by Crippen LogP contribution is 2.35. The van der Waals surface area contributed by atoms with Crippen molar-refractivity contribution in [1.29, 1.82) is 5.41 Å². The maximum absolute atomic E-state index is 9.94. The van der Waals surface area contributed by atoms with Gasteiger partial charge < -0.3 is 14.9 Å². The van der Waals surface area contributed by atoms with Crippen LogP contribution in [0.3, 0.4) is 0 Å². The van der Waals surface area contributed by atoms with Crippen molar-refractivity contribution >= 4 is 17.3 Å². The van der Waals surface area contributed by atoms with E-state index in [0.29, 0.717) is 12.5 Å². The van der Waals surface area contributed by atoms with Crippen molar-refractivity contribution in [3.05, 3.63) is 58.7 Å². The van der Waals surface area contributed by atoms with Gasteiger partial charge in [-0.05, 0) is 49.9 Å². The zero-order valence-electron chi connectivity index (χ0n) is 14.8. The molecule has 2 aromatic rings. The number of rotatable bonds is 3. The molecule has 1 aliphatic heterocycles. The average Bonchev–Trinajstić information content (AvgIpc) is 2.84. The summed E-state index contributed by atoms with van der Waals surface area (Å²) in [7, 11) is 0. The fourth-order valence-corrected chi connectivity index (χ4v) is 3.72. The monoisotopic (exact) mass is 323 g/mol. The Morgan fingerprint density at radius 1 is 0.917 bits per heavy atom. The molecule has 3 rings (SSSR count). The van der Waals surface area contributed by atoms with Crippen LogP contribution in [0, 0.1) is 33.1 Å². The zero-order valence-corrected chi connectivity index (χ0v) is 14.8. The smallest absolute Gasteiger partial charge is 0.203 e. The van der Waals surface area contributed by atoms with Gasteiger partial charge in [0.05, 0.1) is 18.3 Å². The molecular formula is C20H25N3O. The molecule has 2 N–H and O–H groups in total. The largest absolute Gasteiger partial charge is 0.394 e. The molecule has 0 spiro atoms. The van der Waals surface area contributed by atoms with Gasteiger partial charge in [-0.3, -0.25) is 5.41 Å². The van der Waals surface area contributed by atoms with E-state index < -0.39 is 0 Å². The topological polar surface area (TPSA) is 50.6 Å². The van der Waals surface area contributed by atoms with Gasteiger partial charge in [0.25, 0.3) is 0 Å². The third kappa shape index (κ3) is 2.57. The second-order valence-corrected chi connectivity index (χ2v) is 6.62. The normalized spacial score (nSPS) is 17.7. The van der Waals surface area contributed by atoms with Crippen LogP contribution in [0.15, 0.2) is 36.4 Å². The van der Waals surface area contributed by atoms with Gasteiger partial charge in [-0.1, -0.05) is 36.4 Å². The van der Waals surface area contributed by atoms with Crippen molar-refractivity contribution in [2.45, 2.75) is 33.7 Å². The number of aryl methyl sites for hydroxylation is 4. The van der Waals surface area contributed by atoms with Crippen molar-refractivity contribution in [2.24, 2.45) is 0 Å². The molecule has 1 saturated heterocycles. The summed E-state index contributed by atoms with van der Waals surface area (Å²) in [5.41, 5.74) is 6.67. The van der Waals surface area contributed by atoms with Gasteiger partial charge in [0.2, 0.25) is 5.96 Å². The summed E-state index contributed by atoms with van der Waals surface area (Å²) in [4.78, 5) is 4.01. The van der Waals surface area contributed by atoms with Gasteiger partial charge in [0.1, 0.15) is 0 Å². The minimum absolute atomic E-state index is 0.0254. The third-order valence-electron chi connectivity index (χ3n) is 4.84. The van der Waals surface area contributed by atoms with E-state index in [0.717, 1.165) is 33.6 Å². The maximum Gasteiger partial charge on any atom is 0.203 e. The lowest BCUT2D eigenvalue weighted by Gasteiger charge is -2.28. The van der Waals surface area contributed by atoms with E-state index in [1.54, 1.807) is 0 Å². The Labute approximate surface area is 143 Å². The van der Waals surface area contributed by atoms with Crippen molar-refractivity contribution in [1.82, 2.24) is 0 Å². The number of para-hydroxylation sites is 2. The van der Waals surface area contributed by atoms with Crippen molar-refractivity contribution in [3.8, 4) is 0 Å². The van der Waals surface area contributed by atoms with Crippen LogP contribution in [0.25, 0.3) is 0 Å². The maximum atomic E-state index is 9.94. The molecule has 2 aromatic carbocycles. The van der Waals surface area contributed by atoms with Crippen LogP contribution in [0.5, 0.6) is 0 Å². The van der Waals surface area contributed by atoms with E-state index in [4.69, 9.17) is 5.41 Å². The Morgan fingerprint density at radius 3 is 1.83 bits per heavy atom. The molecule has 4 heteroatoms. The van der Waals surface area contributed by atoms with Crippen LogP contribution in [0.4, 0.5) is 11.4 Å². The Hall–Kier alpha value is -2.33. The highest BCUT2D eigenvalue weighted by molar-refractivity contribution is 6.09. The summed E-state index contributed by atoms with van der Waals surface area (Å²) in [6.07, 6.45) is 0. The molecule has 24 heavy (non-hydrogen) atoms. The SMILES string of the molecule is Cc1cccc(C)c1N1CC(CO)N(c2c(C)cccc2C)C1=N. The summed E-state index contributed by atoms with van der Waals surface area (Å²) in [6.45, 7) is 8.92. The van der Waals surface area contributed by atoms with Crippen LogP contribution >= 0.6 is 0 Å². The Kier molecular flexibility index (Phi) is 4.33. The van der Waals surface area contributed by atoms with Crippen molar-refractivity contribution < 1.29 is 5.11 Å². The first kappa shape index (κ1) is 16.5. The lowest BCUT2D eigenvalue weighted by molar-refractivity contribution is 0.273. The molecule has 0 bridgehead atoms. The lowest BCUT2D eigenvalue weighted by Crippen LogP contribution is -2.38. The van der Waals surface area contributed by atoms with E-state index in [-0.39, 0.29) is 12.6 Å². The van der Waals surface area contributed by atoms with E-state index in [9.17, 15) is 5.11 Å². The molecule has 0 radical (unpaired) electrons. The van der Waals surface area contributed by atoms with E-state index in [1.165, 1.54) is 0 Å². The van der Waals surface area contributed by atoms with Gasteiger partial charge in [-0.25, -0.2) is 0 Å². The van der Waals surface area contributed by atoms with E-state index >= 15 is 0 Å². The van der Waals surface area contributed by atoms with Gasteiger partial charge >= 0.3 is 0 Å². The number of nitrogens with one attached hydrogen (secondary N) is 1. The molecule has 1 unspecified atom stereocenters. The van der Waals surface area contributed by atoms with Gasteiger partial charge in [0.15, 0.2) is 0 Å². The second-order valence-electron chi connectivity index (χ2n) is 6.62. The molecule has 4 nitrogen and oxygen atoms in total. The van der Waals surface area contributed by atoms with Gasteiger partial charge in [-0.2, -0.15) is 0 Å². The highest BCUT2D eigenvalue weighted by Gasteiger charge is 2.38. The quantitative estimate of drug-likeness (QED) is 0.908. The van der Waals surface area contributed by atoms with Gasteiger partial charge in [-0.15, -0.1) is 0 Å². The fraction of sp³-hybridized carbons (Fsp3) is 0.350. The molecule has 0 aliphatic carbocycles. The van der Waals surface area contributed by atoms with E-state index in [2.05, 4.69) is 52.0 Å². The van der Waals surface area contributed by atoms with Crippen LogP contribution in [0.1, 0.15) is 22.3 Å². The molecule has 126 valence electrons. The van der Waals surface area contributed by atoms with Crippen molar-refractivity contribution in [3.63, 3.8) is 0 Å². The summed E-state index contributed by atoms with van der Waals surface area (Å²) in [5.74, 6) is 0.434. The average molecular weight is 323 g/mol. The Balaban J connectivity index is 2.09. The fourth-order valence-electron chi connectivity index (χ4n) is 3.72. The predicted molar refractivity (Wildman–Crippen MR) is 100 cm³/mol. The number of hydrogen-bond donors (Lipinski definition) is 2. The molecule has 0 saturated carbocycles. The number of hydrogen-bond acceptors (Lipinski definition) is 2. The number of aliphatic hydroxyl groups excluding tert-OH is 1. The molecule has 0 aromatic heterocycles. The minimum atomic E-state index is -0.115. The van der Waals surface area contributed by atoms with Crippen LogP contribution in [-0.4, -0.2) is 30.3 Å². The number of nitrogens with zero attached hydrogens (tertiary/aromatic N) is 2. The Morgan fingerprint density at radius 2 is 1.38 bits per heavy atom. The second kappa shape index (κ2) is 6.29. The number of guanidine groups is 1. The molecule has 1 aliphatic rings. The van der Waals surface area contributed by atoms with Gasteiger partial charge in [0, 0.05) is 12.2 Å². The Bertz CT molecular complexity index is 744. The molecule has 1 fully saturated rings. The number of benzene rings is 2. The summed E-state index contributed by atoms with van der Waals surface area (Å²) >= 11 is 0. The minimum Gasteiger partial charge on any atom is -0.394 e. The molecule has 0 amide bonds. The first-order valence-corrected chi connectivity index (χ1v) is 8.34. The summed E-state index contributed by atoms with van der Waals surface area (Å²) < 4.78 is 0. The molecule has 1 atom stereocenters. The molecule has 1 heterocycles. The number of anilines is 2. The standard InChI is InChI=1S/C20H25N3O/c1-13-7-5-8-14(2)18(13)22-11-17(12-24)23(20(22)21)19-15(3)9-6-10-16(19)4/h5-10,17,21,24H,11-12H2,1-4H3. The molecular weight excluding hydrogens is 298 g/mol. The number of aliphatic hydroxyl groups is 1. The third-order valence-corrected chi connectivity index (χ3v) is 4.84. The van der Waals surface area contributed by atoms with Crippen LogP contribution < -0.4 is 9.80 Å². The first-order chi connectivity index (χ1) is 11.5. The summed E-state index contributed by atoms with van der Waals surface area (Å²) in [5, 5.41) is 18.7. The van der Waals surface area contributed by atoms with E-state index in [1.807, 2.05) is 21.9 Å². The lowest BCUT2D eigenvalue weighted by atomic mass is 10.1. The first-order valence-electron chi connectivity index (χ1n) is 8.34. The van der Waals surface area contributed by atoms with Crippen LogP contribution in [-0.2, 0) is 0 Å².